The van der Waals surface area contributed by atoms with Crippen LogP contribution in [0.2, 0.25) is 0 Å². The average Bonchev–Trinajstić information content (AvgIpc) is 2.32. The molecule has 3 nitrogen and oxygen atoms in total. The van der Waals surface area contributed by atoms with E-state index in [-0.39, 0.29) is 18.6 Å². The zero-order valence-electron chi connectivity index (χ0n) is 10.0. The van der Waals surface area contributed by atoms with Crippen molar-refractivity contribution < 1.29 is 9.84 Å². The van der Waals surface area contributed by atoms with Crippen LogP contribution in [-0.4, -0.2) is 18.3 Å². The Balaban J connectivity index is 2.72. The van der Waals surface area contributed by atoms with E-state index in [9.17, 15) is 5.11 Å². The highest BCUT2D eigenvalue weighted by atomic mass is 16.5. The fourth-order valence-electron chi connectivity index (χ4n) is 1.72. The standard InChI is InChI=1S/C13H21NO2/c1-3-10(9-15)13(14)11-5-7-12(8-6-11)16-4-2/h5-8,10,13,15H,3-4,9,14H2,1-2H3. The molecule has 1 rings (SSSR count). The van der Waals surface area contributed by atoms with Crippen molar-refractivity contribution in [2.24, 2.45) is 11.7 Å². The molecule has 3 N–H and O–H groups in total. The van der Waals surface area contributed by atoms with Crippen molar-refractivity contribution in [1.29, 1.82) is 0 Å². The summed E-state index contributed by atoms with van der Waals surface area (Å²) >= 11 is 0. The number of nitrogens with two attached hydrogens (primary N) is 1. The van der Waals surface area contributed by atoms with Crippen LogP contribution in [0.3, 0.4) is 0 Å². The van der Waals surface area contributed by atoms with Crippen molar-refractivity contribution in [3.63, 3.8) is 0 Å². The lowest BCUT2D eigenvalue weighted by Gasteiger charge is -2.20. The monoisotopic (exact) mass is 223 g/mol. The van der Waals surface area contributed by atoms with Gasteiger partial charge >= 0.3 is 0 Å². The maximum atomic E-state index is 9.19. The molecule has 1 aromatic rings. The molecule has 2 atom stereocenters. The third-order valence-electron chi connectivity index (χ3n) is 2.84. The molecule has 90 valence electrons. The molecule has 0 aliphatic carbocycles. The normalized spacial score (nSPS) is 14.5. The van der Waals surface area contributed by atoms with Crippen LogP contribution < -0.4 is 10.5 Å². The highest BCUT2D eigenvalue weighted by Gasteiger charge is 2.16. The predicted octanol–water partition coefficient (Wildman–Crippen LogP) is 2.10. The van der Waals surface area contributed by atoms with E-state index in [0.717, 1.165) is 17.7 Å². The van der Waals surface area contributed by atoms with Gasteiger partial charge in [-0.05, 0) is 31.0 Å². The Morgan fingerprint density at radius 2 is 1.88 bits per heavy atom. The second-order valence-corrected chi connectivity index (χ2v) is 3.88. The fraction of sp³-hybridized carbons (Fsp3) is 0.538. The van der Waals surface area contributed by atoms with Gasteiger partial charge in [-0.1, -0.05) is 19.1 Å². The van der Waals surface area contributed by atoms with Gasteiger partial charge in [-0.2, -0.15) is 0 Å². The first-order chi connectivity index (χ1) is 7.72. The number of rotatable bonds is 6. The molecular weight excluding hydrogens is 202 g/mol. The summed E-state index contributed by atoms with van der Waals surface area (Å²) in [5.74, 6) is 0.980. The van der Waals surface area contributed by atoms with Gasteiger partial charge in [0.1, 0.15) is 5.75 Å². The number of ether oxygens (including phenoxy) is 1. The van der Waals surface area contributed by atoms with Gasteiger partial charge in [-0.3, -0.25) is 0 Å². The summed E-state index contributed by atoms with van der Waals surface area (Å²) in [7, 11) is 0. The Hall–Kier alpha value is -1.06. The predicted molar refractivity (Wildman–Crippen MR) is 65.4 cm³/mol. The van der Waals surface area contributed by atoms with Gasteiger partial charge in [-0.15, -0.1) is 0 Å². The number of hydrogen-bond donors (Lipinski definition) is 2. The Labute approximate surface area is 97.2 Å². The molecule has 0 aliphatic rings. The molecular formula is C13H21NO2. The minimum absolute atomic E-state index is 0.106. The molecule has 0 fully saturated rings. The second kappa shape index (κ2) is 6.51. The quantitative estimate of drug-likeness (QED) is 0.776. The van der Waals surface area contributed by atoms with Gasteiger partial charge in [0.2, 0.25) is 0 Å². The zero-order valence-corrected chi connectivity index (χ0v) is 10.0. The van der Waals surface area contributed by atoms with E-state index in [1.54, 1.807) is 0 Å². The first-order valence-electron chi connectivity index (χ1n) is 5.82. The van der Waals surface area contributed by atoms with Crippen LogP contribution in [0.5, 0.6) is 5.75 Å². The van der Waals surface area contributed by atoms with Crippen LogP contribution in [-0.2, 0) is 0 Å². The Bertz CT molecular complexity index is 293. The van der Waals surface area contributed by atoms with E-state index in [1.165, 1.54) is 0 Å². The van der Waals surface area contributed by atoms with Crippen molar-refractivity contribution in [2.45, 2.75) is 26.3 Å². The molecule has 16 heavy (non-hydrogen) atoms. The SMILES string of the molecule is CCOc1ccc(C(N)C(CC)CO)cc1. The summed E-state index contributed by atoms with van der Waals surface area (Å²) in [4.78, 5) is 0. The van der Waals surface area contributed by atoms with Crippen LogP contribution in [0.1, 0.15) is 31.9 Å². The lowest BCUT2D eigenvalue weighted by atomic mass is 9.92. The summed E-state index contributed by atoms with van der Waals surface area (Å²) in [5.41, 5.74) is 7.13. The summed E-state index contributed by atoms with van der Waals surface area (Å²) < 4.78 is 5.36. The molecule has 0 spiro atoms. The van der Waals surface area contributed by atoms with Crippen molar-refractivity contribution in [1.82, 2.24) is 0 Å². The van der Waals surface area contributed by atoms with Gasteiger partial charge in [0.05, 0.1) is 6.61 Å². The number of benzene rings is 1. The van der Waals surface area contributed by atoms with Crippen LogP contribution in [0.4, 0.5) is 0 Å². The highest BCUT2D eigenvalue weighted by Crippen LogP contribution is 2.23. The first-order valence-corrected chi connectivity index (χ1v) is 5.82. The minimum atomic E-state index is -0.106. The molecule has 0 saturated heterocycles. The van der Waals surface area contributed by atoms with Gasteiger partial charge in [0.25, 0.3) is 0 Å². The lowest BCUT2D eigenvalue weighted by Crippen LogP contribution is -2.23. The van der Waals surface area contributed by atoms with Crippen molar-refractivity contribution >= 4 is 0 Å². The number of hydrogen-bond acceptors (Lipinski definition) is 3. The molecule has 1 aromatic carbocycles. The van der Waals surface area contributed by atoms with Crippen LogP contribution >= 0.6 is 0 Å². The Morgan fingerprint density at radius 3 is 2.31 bits per heavy atom. The van der Waals surface area contributed by atoms with E-state index in [0.29, 0.717) is 6.61 Å². The van der Waals surface area contributed by atoms with Crippen molar-refractivity contribution in [3.05, 3.63) is 29.8 Å². The number of aliphatic hydroxyl groups is 1. The summed E-state index contributed by atoms with van der Waals surface area (Å²) in [6.07, 6.45) is 0.880. The molecule has 0 aliphatic heterocycles. The maximum absolute atomic E-state index is 9.19. The van der Waals surface area contributed by atoms with E-state index in [4.69, 9.17) is 10.5 Å². The fourth-order valence-corrected chi connectivity index (χ4v) is 1.72. The van der Waals surface area contributed by atoms with Crippen LogP contribution in [0, 0.1) is 5.92 Å². The van der Waals surface area contributed by atoms with Gasteiger partial charge in [0, 0.05) is 18.6 Å². The smallest absolute Gasteiger partial charge is 0.119 e. The molecule has 0 radical (unpaired) electrons. The topological polar surface area (TPSA) is 55.5 Å². The maximum Gasteiger partial charge on any atom is 0.119 e. The van der Waals surface area contributed by atoms with E-state index in [2.05, 4.69) is 0 Å². The summed E-state index contributed by atoms with van der Waals surface area (Å²) in [6.45, 7) is 4.79. The van der Waals surface area contributed by atoms with E-state index in [1.807, 2.05) is 38.1 Å². The van der Waals surface area contributed by atoms with Gasteiger partial charge < -0.3 is 15.6 Å². The van der Waals surface area contributed by atoms with E-state index >= 15 is 0 Å². The average molecular weight is 223 g/mol. The zero-order chi connectivity index (χ0) is 12.0. The third-order valence-corrected chi connectivity index (χ3v) is 2.84. The minimum Gasteiger partial charge on any atom is -0.494 e. The molecule has 0 bridgehead atoms. The molecule has 0 amide bonds. The Morgan fingerprint density at radius 1 is 1.25 bits per heavy atom. The van der Waals surface area contributed by atoms with E-state index < -0.39 is 0 Å². The lowest BCUT2D eigenvalue weighted by molar-refractivity contribution is 0.200. The molecule has 0 heterocycles. The van der Waals surface area contributed by atoms with Crippen molar-refractivity contribution in [3.8, 4) is 5.75 Å². The third kappa shape index (κ3) is 3.22. The summed E-state index contributed by atoms with van der Waals surface area (Å²) in [5, 5.41) is 9.19. The summed E-state index contributed by atoms with van der Waals surface area (Å²) in [6, 6.07) is 7.67. The molecule has 0 aromatic heterocycles. The van der Waals surface area contributed by atoms with Crippen LogP contribution in [0.15, 0.2) is 24.3 Å². The molecule has 3 heteroatoms. The van der Waals surface area contributed by atoms with Crippen molar-refractivity contribution in [2.75, 3.05) is 13.2 Å². The highest BCUT2D eigenvalue weighted by molar-refractivity contribution is 5.29. The number of aliphatic hydroxyl groups excluding tert-OH is 1. The largest absolute Gasteiger partial charge is 0.494 e. The molecule has 2 unspecified atom stereocenters. The van der Waals surface area contributed by atoms with Gasteiger partial charge in [-0.25, -0.2) is 0 Å². The van der Waals surface area contributed by atoms with Gasteiger partial charge in [0.15, 0.2) is 0 Å². The second-order valence-electron chi connectivity index (χ2n) is 3.88. The Kier molecular flexibility index (Phi) is 5.29. The molecule has 0 saturated carbocycles. The van der Waals surface area contributed by atoms with Crippen LogP contribution in [0.25, 0.3) is 0 Å². The first kappa shape index (κ1) is 13.0.